The van der Waals surface area contributed by atoms with Gasteiger partial charge < -0.3 is 9.88 Å². The van der Waals surface area contributed by atoms with Crippen LogP contribution in [-0.4, -0.2) is 38.8 Å². The highest BCUT2D eigenvalue weighted by atomic mass is 32.2. The van der Waals surface area contributed by atoms with Gasteiger partial charge in [-0.1, -0.05) is 23.9 Å². The molecule has 0 radical (unpaired) electrons. The zero-order valence-electron chi connectivity index (χ0n) is 15.0. The molecule has 3 heterocycles. The first kappa shape index (κ1) is 17.7. The van der Waals surface area contributed by atoms with Gasteiger partial charge in [0.2, 0.25) is 0 Å². The first-order valence-corrected chi connectivity index (χ1v) is 9.91. The number of amides is 1. The van der Waals surface area contributed by atoms with Crippen LogP contribution >= 0.6 is 11.8 Å². The van der Waals surface area contributed by atoms with E-state index in [9.17, 15) is 9.59 Å². The summed E-state index contributed by atoms with van der Waals surface area (Å²) in [6.45, 7) is 3.63. The van der Waals surface area contributed by atoms with E-state index in [0.717, 1.165) is 31.0 Å². The molecule has 0 unspecified atom stereocenters. The van der Waals surface area contributed by atoms with Crippen molar-refractivity contribution in [2.45, 2.75) is 30.0 Å². The van der Waals surface area contributed by atoms with Crippen LogP contribution in [0.3, 0.4) is 0 Å². The van der Waals surface area contributed by atoms with Gasteiger partial charge in [-0.2, -0.15) is 0 Å². The summed E-state index contributed by atoms with van der Waals surface area (Å²) in [5.41, 5.74) is 1.16. The van der Waals surface area contributed by atoms with Crippen LogP contribution in [0, 0.1) is 0 Å². The van der Waals surface area contributed by atoms with Crippen LogP contribution in [0.15, 0.2) is 52.4 Å². The highest BCUT2D eigenvalue weighted by molar-refractivity contribution is 7.99. The lowest BCUT2D eigenvalue weighted by Gasteiger charge is -2.15. The molecule has 7 heteroatoms. The zero-order chi connectivity index (χ0) is 18.8. The molecule has 1 saturated heterocycles. The lowest BCUT2D eigenvalue weighted by atomic mass is 10.2. The fraction of sp³-hybridized carbons (Fsp3) is 0.300. The third-order valence-electron chi connectivity index (χ3n) is 4.69. The highest BCUT2D eigenvalue weighted by Crippen LogP contribution is 2.31. The predicted molar refractivity (Wildman–Crippen MR) is 106 cm³/mol. The van der Waals surface area contributed by atoms with E-state index in [1.54, 1.807) is 12.3 Å². The van der Waals surface area contributed by atoms with Crippen molar-refractivity contribution in [3.05, 3.63) is 64.3 Å². The molecular formula is C20H20N4O2S. The molecule has 0 aliphatic carbocycles. The highest BCUT2D eigenvalue weighted by Gasteiger charge is 2.20. The van der Waals surface area contributed by atoms with Gasteiger partial charge in [0.25, 0.3) is 11.5 Å². The molecular weight excluding hydrogens is 360 g/mol. The molecule has 1 aromatic carbocycles. The third-order valence-corrected chi connectivity index (χ3v) is 5.75. The average Bonchev–Trinajstić information content (AvgIpc) is 3.23. The fourth-order valence-corrected chi connectivity index (χ4v) is 4.06. The summed E-state index contributed by atoms with van der Waals surface area (Å²) in [5, 5.41) is 1.30. The molecule has 0 saturated carbocycles. The molecule has 1 aliphatic rings. The second kappa shape index (κ2) is 7.52. The number of hydrogen-bond donors (Lipinski definition) is 1. The number of rotatable bonds is 4. The Morgan fingerprint density at radius 1 is 1.19 bits per heavy atom. The second-order valence-electron chi connectivity index (χ2n) is 6.61. The normalized spacial score (nSPS) is 15.2. The molecule has 1 N–H and O–H groups in total. The summed E-state index contributed by atoms with van der Waals surface area (Å²) in [6, 6.07) is 11.0. The standard InChI is InChI=1S/C20H20N4O2S/c1-13(18-22-16-7-3-2-6-15(16)19(25)23-18)27-17-9-8-14(12-21-17)20(26)24-10-4-5-11-24/h2-3,6-9,12-13H,4-5,10-11H2,1H3,(H,22,23,25)/t13-/m0/s1. The summed E-state index contributed by atoms with van der Waals surface area (Å²) in [7, 11) is 0. The van der Waals surface area contributed by atoms with Crippen molar-refractivity contribution < 1.29 is 4.79 Å². The lowest BCUT2D eigenvalue weighted by molar-refractivity contribution is 0.0792. The Morgan fingerprint density at radius 2 is 1.96 bits per heavy atom. The van der Waals surface area contributed by atoms with Gasteiger partial charge in [-0.3, -0.25) is 9.59 Å². The molecule has 27 heavy (non-hydrogen) atoms. The first-order valence-electron chi connectivity index (χ1n) is 9.03. The molecule has 4 rings (SSSR count). The van der Waals surface area contributed by atoms with E-state index in [1.807, 2.05) is 42.2 Å². The first-order chi connectivity index (χ1) is 13.1. The molecule has 1 atom stereocenters. The number of benzene rings is 1. The molecule has 6 nitrogen and oxygen atoms in total. The van der Waals surface area contributed by atoms with Crippen molar-refractivity contribution in [2.75, 3.05) is 13.1 Å². The van der Waals surface area contributed by atoms with Crippen molar-refractivity contribution in [2.24, 2.45) is 0 Å². The molecule has 3 aromatic rings. The number of hydrogen-bond acceptors (Lipinski definition) is 5. The molecule has 0 spiro atoms. The topological polar surface area (TPSA) is 79.0 Å². The molecule has 0 bridgehead atoms. The summed E-state index contributed by atoms with van der Waals surface area (Å²) in [4.78, 5) is 38.3. The average molecular weight is 380 g/mol. The van der Waals surface area contributed by atoms with Gasteiger partial charge in [0.15, 0.2) is 0 Å². The van der Waals surface area contributed by atoms with Crippen LogP contribution in [0.1, 0.15) is 41.2 Å². The number of pyridine rings is 1. The summed E-state index contributed by atoms with van der Waals surface area (Å²) < 4.78 is 0. The summed E-state index contributed by atoms with van der Waals surface area (Å²) >= 11 is 1.50. The van der Waals surface area contributed by atoms with E-state index in [2.05, 4.69) is 15.0 Å². The molecule has 2 aromatic heterocycles. The van der Waals surface area contributed by atoms with Gasteiger partial charge in [0, 0.05) is 19.3 Å². The minimum absolute atomic E-state index is 0.0464. The Kier molecular flexibility index (Phi) is 4.94. The Morgan fingerprint density at radius 3 is 2.70 bits per heavy atom. The minimum Gasteiger partial charge on any atom is -0.339 e. The minimum atomic E-state index is -0.137. The number of aromatic nitrogens is 3. The molecule has 1 aliphatic heterocycles. The van der Waals surface area contributed by atoms with Crippen molar-refractivity contribution in [1.82, 2.24) is 19.9 Å². The number of likely N-dealkylation sites (tertiary alicyclic amines) is 1. The number of carbonyl (C=O) groups excluding carboxylic acids is 1. The molecule has 1 amide bonds. The monoisotopic (exact) mass is 380 g/mol. The largest absolute Gasteiger partial charge is 0.339 e. The summed E-state index contributed by atoms with van der Waals surface area (Å²) in [5.74, 6) is 0.660. The number of H-pyrrole nitrogens is 1. The number of carbonyl (C=O) groups is 1. The Balaban J connectivity index is 1.50. The molecule has 1 fully saturated rings. The van der Waals surface area contributed by atoms with Crippen molar-refractivity contribution in [1.29, 1.82) is 0 Å². The van der Waals surface area contributed by atoms with Gasteiger partial charge >= 0.3 is 0 Å². The Labute approximate surface area is 161 Å². The van der Waals surface area contributed by atoms with Gasteiger partial charge in [-0.05, 0) is 44.0 Å². The molecule has 138 valence electrons. The van der Waals surface area contributed by atoms with Gasteiger partial charge in [0.1, 0.15) is 5.82 Å². The number of nitrogens with one attached hydrogen (secondary N) is 1. The second-order valence-corrected chi connectivity index (χ2v) is 7.97. The van der Waals surface area contributed by atoms with Gasteiger partial charge in [-0.15, -0.1) is 0 Å². The smallest absolute Gasteiger partial charge is 0.258 e. The zero-order valence-corrected chi connectivity index (χ0v) is 15.8. The van der Waals surface area contributed by atoms with Crippen LogP contribution in [0.4, 0.5) is 0 Å². The van der Waals surface area contributed by atoms with E-state index in [0.29, 0.717) is 22.3 Å². The van der Waals surface area contributed by atoms with Crippen LogP contribution in [0.5, 0.6) is 0 Å². The maximum atomic E-state index is 12.4. The van der Waals surface area contributed by atoms with E-state index in [-0.39, 0.29) is 16.7 Å². The van der Waals surface area contributed by atoms with Crippen molar-refractivity contribution >= 4 is 28.6 Å². The predicted octanol–water partition coefficient (Wildman–Crippen LogP) is 3.41. The number of aromatic amines is 1. The van der Waals surface area contributed by atoms with E-state index < -0.39 is 0 Å². The SMILES string of the molecule is C[C@H](Sc1ccc(C(=O)N2CCCC2)cn1)c1nc2ccccc2c(=O)[nH]1. The maximum Gasteiger partial charge on any atom is 0.258 e. The van der Waals surface area contributed by atoms with Gasteiger partial charge in [-0.25, -0.2) is 9.97 Å². The van der Waals surface area contributed by atoms with Gasteiger partial charge in [0.05, 0.1) is 26.7 Å². The number of nitrogens with zero attached hydrogens (tertiary/aromatic N) is 3. The van der Waals surface area contributed by atoms with Crippen molar-refractivity contribution in [3.8, 4) is 0 Å². The number of fused-ring (bicyclic) bond motifs is 1. The van der Waals surface area contributed by atoms with E-state index in [1.165, 1.54) is 11.8 Å². The van der Waals surface area contributed by atoms with E-state index >= 15 is 0 Å². The lowest BCUT2D eigenvalue weighted by Crippen LogP contribution is -2.27. The fourth-order valence-electron chi connectivity index (χ4n) is 3.21. The van der Waals surface area contributed by atoms with Crippen LogP contribution < -0.4 is 5.56 Å². The van der Waals surface area contributed by atoms with Crippen LogP contribution in [0.25, 0.3) is 10.9 Å². The van der Waals surface area contributed by atoms with E-state index in [4.69, 9.17) is 0 Å². The van der Waals surface area contributed by atoms with Crippen molar-refractivity contribution in [3.63, 3.8) is 0 Å². The quantitative estimate of drug-likeness (QED) is 0.702. The number of thioether (sulfide) groups is 1. The third kappa shape index (κ3) is 3.73. The van der Waals surface area contributed by atoms with Crippen LogP contribution in [0.2, 0.25) is 0 Å². The maximum absolute atomic E-state index is 12.4. The Hall–Kier alpha value is -2.67. The summed E-state index contributed by atoms with van der Waals surface area (Å²) in [6.07, 6.45) is 3.77. The Bertz CT molecular complexity index is 1030. The van der Waals surface area contributed by atoms with Crippen LogP contribution in [-0.2, 0) is 0 Å². The number of para-hydroxylation sites is 1.